The molecule has 0 aliphatic rings. The number of hydrogen-bond acceptors (Lipinski definition) is 2. The van der Waals surface area contributed by atoms with E-state index in [1.807, 2.05) is 10.8 Å². The number of fused-ring (bicyclic) bond motifs is 1. The maximum absolute atomic E-state index is 12.4. The molecule has 0 bridgehead atoms. The molecular formula is C6H3FS2. The predicted octanol–water partition coefficient (Wildman–Crippen LogP) is 3.10. The van der Waals surface area contributed by atoms with Crippen LogP contribution in [0.15, 0.2) is 16.8 Å². The van der Waals surface area contributed by atoms with Crippen LogP contribution in [0.1, 0.15) is 0 Å². The van der Waals surface area contributed by atoms with E-state index < -0.39 is 0 Å². The number of thiophene rings is 2. The van der Waals surface area contributed by atoms with Crippen molar-refractivity contribution in [3.8, 4) is 0 Å². The van der Waals surface area contributed by atoms with Gasteiger partial charge in [-0.25, -0.2) is 0 Å². The summed E-state index contributed by atoms with van der Waals surface area (Å²) in [6.45, 7) is 0. The highest BCUT2D eigenvalue weighted by Crippen LogP contribution is 2.27. The van der Waals surface area contributed by atoms with Crippen LogP contribution in [0.25, 0.3) is 10.1 Å². The van der Waals surface area contributed by atoms with Gasteiger partial charge < -0.3 is 0 Å². The van der Waals surface area contributed by atoms with Crippen molar-refractivity contribution in [1.29, 1.82) is 0 Å². The van der Waals surface area contributed by atoms with Crippen LogP contribution in [0.2, 0.25) is 0 Å². The average Bonchev–Trinajstić information content (AvgIpc) is 2.22. The molecule has 0 unspecified atom stereocenters. The summed E-state index contributed by atoms with van der Waals surface area (Å²) in [5.74, 6) is 0. The molecule has 0 atom stereocenters. The summed E-state index contributed by atoms with van der Waals surface area (Å²) in [4.78, 5) is 0. The molecule has 0 saturated heterocycles. The SMILES string of the molecule is Fc1cc2cscc2s1. The molecule has 0 spiro atoms. The van der Waals surface area contributed by atoms with Crippen LogP contribution >= 0.6 is 22.7 Å². The van der Waals surface area contributed by atoms with E-state index in [1.165, 1.54) is 11.3 Å². The second-order valence-corrected chi connectivity index (χ2v) is 3.52. The average molecular weight is 158 g/mol. The standard InChI is InChI=1S/C6H3FS2/c7-6-1-4-2-8-3-5(4)9-6/h1-3H. The Morgan fingerprint density at radius 2 is 2.22 bits per heavy atom. The molecule has 0 aromatic carbocycles. The second kappa shape index (κ2) is 1.78. The molecule has 2 rings (SSSR count). The third-order valence-corrected chi connectivity index (χ3v) is 2.93. The first kappa shape index (κ1) is 5.38. The molecule has 9 heavy (non-hydrogen) atoms. The minimum absolute atomic E-state index is 0.0900. The van der Waals surface area contributed by atoms with E-state index >= 15 is 0 Å². The lowest BCUT2D eigenvalue weighted by Gasteiger charge is -1.65. The van der Waals surface area contributed by atoms with Crippen molar-refractivity contribution in [2.45, 2.75) is 0 Å². The van der Waals surface area contributed by atoms with Gasteiger partial charge in [0, 0.05) is 15.5 Å². The van der Waals surface area contributed by atoms with Gasteiger partial charge in [-0.3, -0.25) is 0 Å². The fourth-order valence-electron chi connectivity index (χ4n) is 0.740. The largest absolute Gasteiger partial charge is 0.195 e. The Labute approximate surface area is 59.6 Å². The number of halogens is 1. The molecule has 0 aliphatic heterocycles. The van der Waals surface area contributed by atoms with Gasteiger partial charge in [-0.2, -0.15) is 15.7 Å². The fraction of sp³-hybridized carbons (Fsp3) is 0. The van der Waals surface area contributed by atoms with E-state index in [9.17, 15) is 4.39 Å². The molecule has 46 valence electrons. The Morgan fingerprint density at radius 1 is 1.33 bits per heavy atom. The van der Waals surface area contributed by atoms with Gasteiger partial charge >= 0.3 is 0 Å². The third kappa shape index (κ3) is 0.767. The zero-order chi connectivity index (χ0) is 6.27. The van der Waals surface area contributed by atoms with Gasteiger partial charge in [0.2, 0.25) is 0 Å². The zero-order valence-electron chi connectivity index (χ0n) is 4.43. The highest BCUT2D eigenvalue weighted by Gasteiger charge is 1.98. The van der Waals surface area contributed by atoms with Crippen LogP contribution in [0, 0.1) is 5.13 Å². The van der Waals surface area contributed by atoms with Crippen molar-refractivity contribution in [2.24, 2.45) is 0 Å². The first-order chi connectivity index (χ1) is 4.36. The van der Waals surface area contributed by atoms with Crippen molar-refractivity contribution in [3.63, 3.8) is 0 Å². The van der Waals surface area contributed by atoms with E-state index in [2.05, 4.69) is 0 Å². The predicted molar refractivity (Wildman–Crippen MR) is 39.7 cm³/mol. The lowest BCUT2D eigenvalue weighted by molar-refractivity contribution is 0.658. The Hall–Kier alpha value is -0.410. The highest BCUT2D eigenvalue weighted by atomic mass is 32.1. The van der Waals surface area contributed by atoms with Crippen molar-refractivity contribution in [3.05, 3.63) is 22.0 Å². The molecule has 2 heterocycles. The summed E-state index contributed by atoms with van der Waals surface area (Å²) in [7, 11) is 0. The van der Waals surface area contributed by atoms with Gasteiger partial charge in [-0.05, 0) is 11.4 Å². The molecule has 3 heteroatoms. The van der Waals surface area contributed by atoms with E-state index in [0.29, 0.717) is 0 Å². The van der Waals surface area contributed by atoms with E-state index in [1.54, 1.807) is 17.4 Å². The van der Waals surface area contributed by atoms with Crippen molar-refractivity contribution < 1.29 is 4.39 Å². The van der Waals surface area contributed by atoms with Gasteiger partial charge in [-0.15, -0.1) is 11.3 Å². The first-order valence-corrected chi connectivity index (χ1v) is 4.23. The fourth-order valence-corrected chi connectivity index (χ4v) is 2.47. The maximum atomic E-state index is 12.4. The van der Waals surface area contributed by atoms with Crippen molar-refractivity contribution in [1.82, 2.24) is 0 Å². The smallest absolute Gasteiger partial charge is 0.177 e. The summed E-state index contributed by atoms with van der Waals surface area (Å²) in [5, 5.41) is 4.85. The molecule has 2 aromatic rings. The molecule has 0 N–H and O–H groups in total. The Bertz CT molecular complexity index is 292. The van der Waals surface area contributed by atoms with Crippen molar-refractivity contribution >= 4 is 32.8 Å². The van der Waals surface area contributed by atoms with E-state index in [4.69, 9.17) is 0 Å². The summed E-state index contributed by atoms with van der Waals surface area (Å²) in [6.07, 6.45) is 0. The molecule has 0 saturated carbocycles. The first-order valence-electron chi connectivity index (χ1n) is 2.47. The molecule has 0 radical (unpaired) electrons. The normalized spacial score (nSPS) is 10.8. The molecular weight excluding hydrogens is 155 g/mol. The summed E-state index contributed by atoms with van der Waals surface area (Å²) < 4.78 is 13.4. The van der Waals surface area contributed by atoms with Crippen LogP contribution in [-0.4, -0.2) is 0 Å². The Balaban J connectivity index is 2.92. The van der Waals surface area contributed by atoms with Crippen LogP contribution in [-0.2, 0) is 0 Å². The third-order valence-electron chi connectivity index (χ3n) is 1.13. The summed E-state index contributed by atoms with van der Waals surface area (Å²) >= 11 is 2.81. The minimum Gasteiger partial charge on any atom is -0.195 e. The minimum atomic E-state index is -0.0900. The molecule has 0 fully saturated rings. The number of rotatable bonds is 0. The topological polar surface area (TPSA) is 0 Å². The van der Waals surface area contributed by atoms with Gasteiger partial charge in [0.25, 0.3) is 0 Å². The lowest BCUT2D eigenvalue weighted by Crippen LogP contribution is -1.47. The van der Waals surface area contributed by atoms with E-state index in [-0.39, 0.29) is 5.13 Å². The van der Waals surface area contributed by atoms with Crippen molar-refractivity contribution in [2.75, 3.05) is 0 Å². The molecule has 0 aliphatic carbocycles. The van der Waals surface area contributed by atoms with Crippen LogP contribution in [0.4, 0.5) is 4.39 Å². The highest BCUT2D eigenvalue weighted by molar-refractivity contribution is 7.21. The molecule has 2 aromatic heterocycles. The second-order valence-electron chi connectivity index (χ2n) is 1.74. The monoisotopic (exact) mass is 158 g/mol. The maximum Gasteiger partial charge on any atom is 0.177 e. The lowest BCUT2D eigenvalue weighted by atomic mass is 10.4. The Kier molecular flexibility index (Phi) is 1.07. The zero-order valence-corrected chi connectivity index (χ0v) is 6.06. The van der Waals surface area contributed by atoms with Gasteiger partial charge in [0.15, 0.2) is 5.13 Å². The van der Waals surface area contributed by atoms with Gasteiger partial charge in [0.05, 0.1) is 0 Å². The van der Waals surface area contributed by atoms with Gasteiger partial charge in [-0.1, -0.05) is 0 Å². The van der Waals surface area contributed by atoms with Crippen LogP contribution in [0.5, 0.6) is 0 Å². The van der Waals surface area contributed by atoms with Crippen LogP contribution in [0.3, 0.4) is 0 Å². The molecule has 0 nitrogen and oxygen atoms in total. The van der Waals surface area contributed by atoms with Crippen LogP contribution < -0.4 is 0 Å². The van der Waals surface area contributed by atoms with E-state index in [0.717, 1.165) is 10.1 Å². The summed E-state index contributed by atoms with van der Waals surface area (Å²) in [6, 6.07) is 1.57. The Morgan fingerprint density at radius 3 is 3.00 bits per heavy atom. The summed E-state index contributed by atoms with van der Waals surface area (Å²) in [5.41, 5.74) is 0. The van der Waals surface area contributed by atoms with Gasteiger partial charge in [0.1, 0.15) is 0 Å². The molecule has 0 amide bonds. The number of hydrogen-bond donors (Lipinski definition) is 0. The quantitative estimate of drug-likeness (QED) is 0.552.